The van der Waals surface area contributed by atoms with Crippen LogP contribution >= 0.6 is 11.6 Å². The van der Waals surface area contributed by atoms with Crippen LogP contribution in [0, 0.1) is 5.92 Å². The number of nitrogens with one attached hydrogen (secondary N) is 1. The van der Waals surface area contributed by atoms with Crippen molar-refractivity contribution in [3.8, 4) is 0 Å². The molecule has 0 bridgehead atoms. The molecule has 2 rings (SSSR count). The third kappa shape index (κ3) is 3.42. The van der Waals surface area contributed by atoms with Gasteiger partial charge >= 0.3 is 6.09 Å². The third-order valence-corrected chi connectivity index (χ3v) is 3.09. The van der Waals surface area contributed by atoms with Crippen molar-refractivity contribution in [2.24, 2.45) is 5.92 Å². The molecule has 0 aliphatic heterocycles. The summed E-state index contributed by atoms with van der Waals surface area (Å²) in [6.07, 6.45) is 0.611. The molecule has 3 nitrogen and oxygen atoms in total. The van der Waals surface area contributed by atoms with Crippen molar-refractivity contribution in [2.75, 3.05) is 6.54 Å². The molecular formula is C12H14ClNO2. The lowest BCUT2D eigenvalue weighted by Crippen LogP contribution is -2.26. The van der Waals surface area contributed by atoms with Crippen molar-refractivity contribution < 1.29 is 9.53 Å². The Bertz CT molecular complexity index is 355. The summed E-state index contributed by atoms with van der Waals surface area (Å²) in [5.74, 6) is 0.422. The highest BCUT2D eigenvalue weighted by molar-refractivity contribution is 6.22. The number of benzene rings is 1. The van der Waals surface area contributed by atoms with Gasteiger partial charge in [0.15, 0.2) is 0 Å². The zero-order valence-electron chi connectivity index (χ0n) is 8.86. The maximum Gasteiger partial charge on any atom is 0.407 e. The van der Waals surface area contributed by atoms with E-state index in [-0.39, 0.29) is 11.5 Å². The summed E-state index contributed by atoms with van der Waals surface area (Å²) < 4.78 is 5.05. The molecule has 0 radical (unpaired) electrons. The highest BCUT2D eigenvalue weighted by atomic mass is 35.5. The topological polar surface area (TPSA) is 38.3 Å². The number of ether oxygens (including phenoxy) is 1. The SMILES string of the molecule is O=C(NCC1CC1Cl)OCc1ccccc1. The van der Waals surface area contributed by atoms with Crippen molar-refractivity contribution >= 4 is 17.7 Å². The van der Waals surface area contributed by atoms with Crippen LogP contribution in [-0.4, -0.2) is 18.0 Å². The number of halogens is 1. The van der Waals surface area contributed by atoms with Crippen LogP contribution in [0.2, 0.25) is 0 Å². The molecule has 1 amide bonds. The first-order valence-corrected chi connectivity index (χ1v) is 5.78. The Labute approximate surface area is 99.7 Å². The molecule has 4 heteroatoms. The average molecular weight is 240 g/mol. The lowest BCUT2D eigenvalue weighted by Gasteiger charge is -2.06. The molecular weight excluding hydrogens is 226 g/mol. The second-order valence-electron chi connectivity index (χ2n) is 3.95. The number of amides is 1. The molecule has 1 aliphatic rings. The van der Waals surface area contributed by atoms with E-state index in [1.807, 2.05) is 30.3 Å². The van der Waals surface area contributed by atoms with E-state index in [9.17, 15) is 4.79 Å². The normalized spacial score (nSPS) is 22.6. The van der Waals surface area contributed by atoms with Gasteiger partial charge in [-0.3, -0.25) is 0 Å². The lowest BCUT2D eigenvalue weighted by atomic mass is 10.2. The molecule has 2 unspecified atom stereocenters. The Morgan fingerprint density at radius 3 is 2.75 bits per heavy atom. The molecule has 0 aromatic heterocycles. The van der Waals surface area contributed by atoms with Crippen molar-refractivity contribution in [1.29, 1.82) is 0 Å². The van der Waals surface area contributed by atoms with Gasteiger partial charge < -0.3 is 10.1 Å². The lowest BCUT2D eigenvalue weighted by molar-refractivity contribution is 0.139. The summed E-state index contributed by atoms with van der Waals surface area (Å²) in [7, 11) is 0. The molecule has 2 atom stereocenters. The third-order valence-electron chi connectivity index (χ3n) is 2.56. The van der Waals surface area contributed by atoms with Gasteiger partial charge in [0.25, 0.3) is 0 Å². The van der Waals surface area contributed by atoms with E-state index in [1.165, 1.54) is 0 Å². The minimum Gasteiger partial charge on any atom is -0.445 e. The van der Waals surface area contributed by atoms with E-state index in [1.54, 1.807) is 0 Å². The van der Waals surface area contributed by atoms with Gasteiger partial charge in [-0.15, -0.1) is 11.6 Å². The number of rotatable bonds is 4. The maximum atomic E-state index is 11.3. The van der Waals surface area contributed by atoms with Crippen LogP contribution in [0.4, 0.5) is 4.79 Å². The van der Waals surface area contributed by atoms with E-state index in [0.29, 0.717) is 19.1 Å². The Balaban J connectivity index is 1.64. The van der Waals surface area contributed by atoms with Crippen LogP contribution in [0.15, 0.2) is 30.3 Å². The Morgan fingerprint density at radius 2 is 2.12 bits per heavy atom. The standard InChI is InChI=1S/C12H14ClNO2/c13-11-6-10(11)7-14-12(15)16-8-9-4-2-1-3-5-9/h1-5,10-11H,6-8H2,(H,14,15). The van der Waals surface area contributed by atoms with Crippen LogP contribution in [0.25, 0.3) is 0 Å². The highest BCUT2D eigenvalue weighted by Crippen LogP contribution is 2.35. The van der Waals surface area contributed by atoms with E-state index in [4.69, 9.17) is 16.3 Å². The van der Waals surface area contributed by atoms with Gasteiger partial charge in [-0.25, -0.2) is 4.79 Å². The predicted octanol–water partition coefficient (Wildman–Crippen LogP) is 2.54. The molecule has 86 valence electrons. The van der Waals surface area contributed by atoms with Gasteiger partial charge in [-0.05, 0) is 17.9 Å². The van der Waals surface area contributed by atoms with E-state index < -0.39 is 0 Å². The minimum atomic E-state index is -0.375. The van der Waals surface area contributed by atoms with Crippen molar-refractivity contribution in [1.82, 2.24) is 5.32 Å². The number of hydrogen-bond donors (Lipinski definition) is 1. The van der Waals surface area contributed by atoms with Crippen molar-refractivity contribution in [3.05, 3.63) is 35.9 Å². The van der Waals surface area contributed by atoms with E-state index >= 15 is 0 Å². The van der Waals surface area contributed by atoms with Gasteiger partial charge in [0, 0.05) is 11.9 Å². The van der Waals surface area contributed by atoms with Crippen LogP contribution in [0.1, 0.15) is 12.0 Å². The Hall–Kier alpha value is -1.22. The summed E-state index contributed by atoms with van der Waals surface area (Å²) >= 11 is 5.82. The second-order valence-corrected chi connectivity index (χ2v) is 4.51. The van der Waals surface area contributed by atoms with Gasteiger partial charge in [-0.2, -0.15) is 0 Å². The van der Waals surface area contributed by atoms with Crippen LogP contribution < -0.4 is 5.32 Å². The summed E-state index contributed by atoms with van der Waals surface area (Å²) in [4.78, 5) is 11.3. The van der Waals surface area contributed by atoms with Crippen molar-refractivity contribution in [3.63, 3.8) is 0 Å². The van der Waals surface area contributed by atoms with Gasteiger partial charge in [-0.1, -0.05) is 30.3 Å². The minimum absolute atomic E-state index is 0.231. The molecule has 0 saturated heterocycles. The van der Waals surface area contributed by atoms with Gasteiger partial charge in [0.2, 0.25) is 0 Å². The first-order valence-electron chi connectivity index (χ1n) is 5.34. The summed E-state index contributed by atoms with van der Waals surface area (Å²) in [6.45, 7) is 0.920. The first-order chi connectivity index (χ1) is 7.75. The second kappa shape index (κ2) is 5.21. The fourth-order valence-corrected chi connectivity index (χ4v) is 1.73. The zero-order valence-corrected chi connectivity index (χ0v) is 9.61. The highest BCUT2D eigenvalue weighted by Gasteiger charge is 2.35. The Kier molecular flexibility index (Phi) is 3.67. The van der Waals surface area contributed by atoms with E-state index in [2.05, 4.69) is 5.32 Å². The van der Waals surface area contributed by atoms with Gasteiger partial charge in [0.1, 0.15) is 6.61 Å². The molecule has 1 N–H and O–H groups in total. The van der Waals surface area contributed by atoms with Crippen LogP contribution in [-0.2, 0) is 11.3 Å². The zero-order chi connectivity index (χ0) is 11.4. The number of hydrogen-bond acceptors (Lipinski definition) is 2. The smallest absolute Gasteiger partial charge is 0.407 e. The summed E-state index contributed by atoms with van der Waals surface area (Å²) in [5.41, 5.74) is 0.985. The molecule has 1 aliphatic carbocycles. The quantitative estimate of drug-likeness (QED) is 0.820. The van der Waals surface area contributed by atoms with Crippen LogP contribution in [0.5, 0.6) is 0 Å². The number of alkyl halides is 1. The molecule has 0 heterocycles. The fraction of sp³-hybridized carbons (Fsp3) is 0.417. The largest absolute Gasteiger partial charge is 0.445 e. The molecule has 16 heavy (non-hydrogen) atoms. The molecule has 0 spiro atoms. The molecule has 1 aromatic rings. The first kappa shape index (κ1) is 11.3. The van der Waals surface area contributed by atoms with Crippen LogP contribution in [0.3, 0.4) is 0 Å². The molecule has 1 saturated carbocycles. The monoisotopic (exact) mass is 239 g/mol. The summed E-state index contributed by atoms with van der Waals surface area (Å²) in [6, 6.07) is 9.60. The van der Waals surface area contributed by atoms with E-state index in [0.717, 1.165) is 12.0 Å². The molecule has 1 fully saturated rings. The number of alkyl carbamates (subject to hydrolysis) is 1. The van der Waals surface area contributed by atoms with Crippen molar-refractivity contribution in [2.45, 2.75) is 18.4 Å². The maximum absolute atomic E-state index is 11.3. The number of carbonyl (C=O) groups is 1. The molecule has 1 aromatic carbocycles. The average Bonchev–Trinajstić information content (AvgIpc) is 3.01. The fourth-order valence-electron chi connectivity index (χ4n) is 1.41. The van der Waals surface area contributed by atoms with Gasteiger partial charge in [0.05, 0.1) is 0 Å². The number of carbonyl (C=O) groups excluding carboxylic acids is 1. The summed E-state index contributed by atoms with van der Waals surface area (Å²) in [5, 5.41) is 2.93. The predicted molar refractivity (Wildman–Crippen MR) is 62.4 cm³/mol. The Morgan fingerprint density at radius 1 is 1.44 bits per heavy atom.